The second-order valence-electron chi connectivity index (χ2n) is 6.06. The summed E-state index contributed by atoms with van der Waals surface area (Å²) in [7, 11) is 3.13. The summed E-state index contributed by atoms with van der Waals surface area (Å²) in [6.07, 6.45) is 4.96. The average Bonchev–Trinajstić information content (AvgIpc) is 3.35. The third kappa shape index (κ3) is 2.63. The number of nitrogens with zero attached hydrogens (tertiary/aromatic N) is 5. The number of likely N-dealkylation sites (tertiary alicyclic amines) is 1. The molecule has 1 saturated heterocycles. The monoisotopic (exact) mass is 353 g/mol. The molecular weight excluding hydrogens is 334 g/mol. The standard InChI is InChI=1S/C18H19N5O3/c1-25-12-5-6-13(16(10-12)26-2)17(24)22-9-3-4-14(22)15-7-8-19-18-20-11-21-23(15)18/h5-8,10-11,14H,3-4,9H2,1-2H3. The molecule has 134 valence electrons. The minimum absolute atomic E-state index is 0.0721. The highest BCUT2D eigenvalue weighted by Crippen LogP contribution is 2.35. The molecule has 4 rings (SSSR count). The summed E-state index contributed by atoms with van der Waals surface area (Å²) < 4.78 is 12.3. The van der Waals surface area contributed by atoms with Gasteiger partial charge in [-0.2, -0.15) is 14.6 Å². The van der Waals surface area contributed by atoms with Crippen LogP contribution in [0.15, 0.2) is 36.8 Å². The van der Waals surface area contributed by atoms with Crippen LogP contribution in [-0.4, -0.2) is 51.2 Å². The molecule has 0 spiro atoms. The molecule has 8 heteroatoms. The number of carbonyl (C=O) groups excluding carboxylic acids is 1. The highest BCUT2D eigenvalue weighted by Gasteiger charge is 2.33. The first-order chi connectivity index (χ1) is 12.7. The lowest BCUT2D eigenvalue weighted by molar-refractivity contribution is 0.0728. The minimum atomic E-state index is -0.0819. The van der Waals surface area contributed by atoms with Crippen molar-refractivity contribution in [2.75, 3.05) is 20.8 Å². The Morgan fingerprint density at radius 1 is 1.19 bits per heavy atom. The molecule has 0 bridgehead atoms. The van der Waals surface area contributed by atoms with Gasteiger partial charge in [0.15, 0.2) is 0 Å². The molecule has 1 unspecified atom stereocenters. The van der Waals surface area contributed by atoms with E-state index < -0.39 is 0 Å². The predicted molar refractivity (Wildman–Crippen MR) is 93.3 cm³/mol. The molecule has 0 radical (unpaired) electrons. The van der Waals surface area contributed by atoms with Crippen LogP contribution in [0.3, 0.4) is 0 Å². The molecule has 0 saturated carbocycles. The number of hydrogen-bond acceptors (Lipinski definition) is 6. The molecule has 1 amide bonds. The summed E-state index contributed by atoms with van der Waals surface area (Å²) in [5, 5.41) is 4.25. The fourth-order valence-corrected chi connectivity index (χ4v) is 3.46. The van der Waals surface area contributed by atoms with Gasteiger partial charge in [-0.25, -0.2) is 4.98 Å². The second kappa shape index (κ2) is 6.62. The van der Waals surface area contributed by atoms with Crippen molar-refractivity contribution in [3.63, 3.8) is 0 Å². The Kier molecular flexibility index (Phi) is 4.16. The fraction of sp³-hybridized carbons (Fsp3) is 0.333. The Balaban J connectivity index is 1.71. The van der Waals surface area contributed by atoms with E-state index >= 15 is 0 Å². The zero-order chi connectivity index (χ0) is 18.1. The van der Waals surface area contributed by atoms with Gasteiger partial charge < -0.3 is 14.4 Å². The van der Waals surface area contributed by atoms with Crippen LogP contribution in [0.25, 0.3) is 5.78 Å². The fourth-order valence-electron chi connectivity index (χ4n) is 3.46. The van der Waals surface area contributed by atoms with Crippen molar-refractivity contribution < 1.29 is 14.3 Å². The van der Waals surface area contributed by atoms with E-state index in [9.17, 15) is 4.79 Å². The smallest absolute Gasteiger partial charge is 0.258 e. The zero-order valence-electron chi connectivity index (χ0n) is 14.6. The predicted octanol–water partition coefficient (Wildman–Crippen LogP) is 2.12. The summed E-state index contributed by atoms with van der Waals surface area (Å²) in [5.41, 5.74) is 1.43. The van der Waals surface area contributed by atoms with Crippen LogP contribution in [0.1, 0.15) is 34.9 Å². The molecule has 3 heterocycles. The summed E-state index contributed by atoms with van der Waals surface area (Å²) in [6.45, 7) is 0.678. The lowest BCUT2D eigenvalue weighted by atomic mass is 10.1. The van der Waals surface area contributed by atoms with Crippen molar-refractivity contribution in [1.82, 2.24) is 24.5 Å². The Morgan fingerprint density at radius 2 is 2.08 bits per heavy atom. The number of aromatic nitrogens is 4. The number of carbonyl (C=O) groups is 1. The molecule has 2 aromatic heterocycles. The lowest BCUT2D eigenvalue weighted by Gasteiger charge is -2.26. The summed E-state index contributed by atoms with van der Waals surface area (Å²) in [5.74, 6) is 1.61. The number of rotatable bonds is 4. The molecule has 26 heavy (non-hydrogen) atoms. The van der Waals surface area contributed by atoms with Gasteiger partial charge in [0.05, 0.1) is 31.5 Å². The van der Waals surface area contributed by atoms with E-state index in [0.29, 0.717) is 29.4 Å². The van der Waals surface area contributed by atoms with Crippen molar-refractivity contribution in [2.24, 2.45) is 0 Å². The number of benzene rings is 1. The Hall–Kier alpha value is -3.16. The molecular formula is C18H19N5O3. The SMILES string of the molecule is COc1ccc(C(=O)N2CCCC2c2ccnc3ncnn23)c(OC)c1. The van der Waals surface area contributed by atoms with Crippen molar-refractivity contribution in [2.45, 2.75) is 18.9 Å². The van der Waals surface area contributed by atoms with Crippen LogP contribution in [0.5, 0.6) is 11.5 Å². The minimum Gasteiger partial charge on any atom is -0.497 e. The van der Waals surface area contributed by atoms with Crippen LogP contribution < -0.4 is 9.47 Å². The van der Waals surface area contributed by atoms with Crippen LogP contribution >= 0.6 is 0 Å². The lowest BCUT2D eigenvalue weighted by Crippen LogP contribution is -2.32. The summed E-state index contributed by atoms with van der Waals surface area (Å²) >= 11 is 0. The van der Waals surface area contributed by atoms with Crippen LogP contribution in [0.4, 0.5) is 0 Å². The van der Waals surface area contributed by atoms with Gasteiger partial charge in [0, 0.05) is 18.8 Å². The van der Waals surface area contributed by atoms with Gasteiger partial charge in [-0.15, -0.1) is 0 Å². The summed E-state index contributed by atoms with van der Waals surface area (Å²) in [4.78, 5) is 23.4. The van der Waals surface area contributed by atoms with E-state index in [-0.39, 0.29) is 11.9 Å². The molecule has 0 aliphatic carbocycles. The van der Waals surface area contributed by atoms with E-state index in [1.165, 1.54) is 6.33 Å². The van der Waals surface area contributed by atoms with E-state index in [0.717, 1.165) is 18.5 Å². The third-order valence-corrected chi connectivity index (χ3v) is 4.70. The molecule has 1 aromatic carbocycles. The molecule has 1 aliphatic heterocycles. The zero-order valence-corrected chi connectivity index (χ0v) is 14.6. The van der Waals surface area contributed by atoms with Gasteiger partial charge in [-0.1, -0.05) is 0 Å². The van der Waals surface area contributed by atoms with Crippen molar-refractivity contribution in [1.29, 1.82) is 0 Å². The highest BCUT2D eigenvalue weighted by molar-refractivity contribution is 5.97. The largest absolute Gasteiger partial charge is 0.497 e. The maximum absolute atomic E-state index is 13.2. The maximum Gasteiger partial charge on any atom is 0.258 e. The van der Waals surface area contributed by atoms with Crippen molar-refractivity contribution in [3.8, 4) is 11.5 Å². The van der Waals surface area contributed by atoms with Gasteiger partial charge in [0.1, 0.15) is 17.8 Å². The quantitative estimate of drug-likeness (QED) is 0.715. The van der Waals surface area contributed by atoms with E-state index in [4.69, 9.17) is 9.47 Å². The summed E-state index contributed by atoms with van der Waals surface area (Å²) in [6, 6.07) is 7.04. The van der Waals surface area contributed by atoms with Crippen LogP contribution in [-0.2, 0) is 0 Å². The van der Waals surface area contributed by atoms with E-state index in [1.54, 1.807) is 43.1 Å². The number of ether oxygens (including phenoxy) is 2. The third-order valence-electron chi connectivity index (χ3n) is 4.70. The van der Waals surface area contributed by atoms with E-state index in [2.05, 4.69) is 15.1 Å². The van der Waals surface area contributed by atoms with Crippen molar-refractivity contribution in [3.05, 3.63) is 48.0 Å². The number of methoxy groups -OCH3 is 2. The Morgan fingerprint density at radius 3 is 2.88 bits per heavy atom. The van der Waals surface area contributed by atoms with Crippen LogP contribution in [0, 0.1) is 0 Å². The molecule has 1 atom stereocenters. The molecule has 1 fully saturated rings. The van der Waals surface area contributed by atoms with Gasteiger partial charge in [-0.3, -0.25) is 4.79 Å². The second-order valence-corrected chi connectivity index (χ2v) is 6.06. The molecule has 3 aromatic rings. The average molecular weight is 353 g/mol. The highest BCUT2D eigenvalue weighted by atomic mass is 16.5. The number of hydrogen-bond donors (Lipinski definition) is 0. The van der Waals surface area contributed by atoms with Gasteiger partial charge in [0.2, 0.25) is 0 Å². The Bertz CT molecular complexity index is 955. The molecule has 8 nitrogen and oxygen atoms in total. The first-order valence-electron chi connectivity index (χ1n) is 8.40. The molecule has 0 N–H and O–H groups in total. The number of fused-ring (bicyclic) bond motifs is 1. The number of amides is 1. The maximum atomic E-state index is 13.2. The van der Waals surface area contributed by atoms with E-state index in [1.807, 2.05) is 11.0 Å². The Labute approximate surface area is 150 Å². The molecule has 1 aliphatic rings. The van der Waals surface area contributed by atoms with Gasteiger partial charge in [0.25, 0.3) is 11.7 Å². The van der Waals surface area contributed by atoms with Crippen molar-refractivity contribution >= 4 is 11.7 Å². The first-order valence-corrected chi connectivity index (χ1v) is 8.40. The normalized spacial score (nSPS) is 16.8. The topological polar surface area (TPSA) is 81.9 Å². The first kappa shape index (κ1) is 16.3. The van der Waals surface area contributed by atoms with Gasteiger partial charge in [-0.05, 0) is 31.0 Å². The van der Waals surface area contributed by atoms with Gasteiger partial charge >= 0.3 is 0 Å². The van der Waals surface area contributed by atoms with Crippen LogP contribution in [0.2, 0.25) is 0 Å².